The van der Waals surface area contributed by atoms with E-state index in [1.165, 1.54) is 11.1 Å². The Bertz CT molecular complexity index is 1860. The van der Waals surface area contributed by atoms with Crippen LogP contribution in [0.2, 0.25) is 0 Å². The van der Waals surface area contributed by atoms with Gasteiger partial charge in [0.25, 0.3) is 5.91 Å². The van der Waals surface area contributed by atoms with Crippen LogP contribution in [-0.4, -0.2) is 33.4 Å². The molecule has 0 fully saturated rings. The minimum Gasteiger partial charge on any atom is -0.497 e. The molecule has 0 bridgehead atoms. The second-order valence-electron chi connectivity index (χ2n) is 10.8. The number of hydrogen-bond donors (Lipinski definition) is 3. The number of urea groups is 1. The van der Waals surface area contributed by atoms with Gasteiger partial charge in [-0.25, -0.2) is 4.79 Å². The number of aryl methyl sites for hydroxylation is 3. The van der Waals surface area contributed by atoms with E-state index in [4.69, 9.17) is 4.74 Å². The third-order valence-electron chi connectivity index (χ3n) is 8.01. The zero-order valence-electron chi connectivity index (χ0n) is 22.9. The van der Waals surface area contributed by atoms with Crippen LogP contribution in [0.5, 0.6) is 5.75 Å². The van der Waals surface area contributed by atoms with E-state index in [-0.39, 0.29) is 18.0 Å². The van der Waals surface area contributed by atoms with Gasteiger partial charge >= 0.3 is 6.03 Å². The molecule has 40 heavy (non-hydrogen) atoms. The minimum atomic E-state index is -0.333. The van der Waals surface area contributed by atoms with Crippen molar-refractivity contribution in [2.24, 2.45) is 7.05 Å². The Morgan fingerprint density at radius 2 is 1.77 bits per heavy atom. The summed E-state index contributed by atoms with van der Waals surface area (Å²) < 4.78 is 9.42. The van der Waals surface area contributed by atoms with Crippen LogP contribution in [0.15, 0.2) is 48.7 Å². The van der Waals surface area contributed by atoms with Gasteiger partial charge in [0, 0.05) is 64.6 Å². The highest BCUT2D eigenvalue weighted by molar-refractivity contribution is 6.20. The molecular weight excluding hydrogens is 504 g/mol. The molecule has 0 saturated carbocycles. The Morgan fingerprint density at radius 3 is 2.52 bits per heavy atom. The highest BCUT2D eigenvalue weighted by Gasteiger charge is 2.35. The number of rotatable bonds is 4. The van der Waals surface area contributed by atoms with Crippen molar-refractivity contribution in [2.75, 3.05) is 17.7 Å². The van der Waals surface area contributed by atoms with Crippen LogP contribution in [0.3, 0.4) is 0 Å². The lowest BCUT2D eigenvalue weighted by Gasteiger charge is -2.22. The average molecular weight is 535 g/mol. The highest BCUT2D eigenvalue weighted by atomic mass is 16.5. The van der Waals surface area contributed by atoms with Crippen LogP contribution in [0.25, 0.3) is 32.9 Å². The monoisotopic (exact) mass is 534 g/mol. The fourth-order valence-corrected chi connectivity index (χ4v) is 6.44. The van der Waals surface area contributed by atoms with Crippen molar-refractivity contribution in [3.8, 4) is 16.9 Å². The van der Waals surface area contributed by atoms with Crippen LogP contribution in [0.4, 0.5) is 16.2 Å². The van der Waals surface area contributed by atoms with E-state index >= 15 is 0 Å². The summed E-state index contributed by atoms with van der Waals surface area (Å²) in [4.78, 5) is 26.2. The molecule has 0 unspecified atom stereocenters. The molecule has 3 heterocycles. The van der Waals surface area contributed by atoms with Crippen molar-refractivity contribution in [1.29, 1.82) is 0 Å². The Balaban J connectivity index is 1.39. The number of benzene rings is 3. The molecule has 9 heteroatoms. The molecule has 2 aliphatic rings. The summed E-state index contributed by atoms with van der Waals surface area (Å²) in [5.41, 5.74) is 9.68. The van der Waals surface area contributed by atoms with Crippen molar-refractivity contribution in [1.82, 2.24) is 19.7 Å². The largest absolute Gasteiger partial charge is 0.497 e. The Hall–Kier alpha value is -4.79. The molecule has 9 nitrogen and oxygen atoms in total. The first-order valence-corrected chi connectivity index (χ1v) is 13.5. The lowest BCUT2D eigenvalue weighted by molar-refractivity contribution is 0.0966. The number of nitrogens with zero attached hydrogens (tertiary/aromatic N) is 3. The third kappa shape index (κ3) is 3.57. The molecule has 1 aliphatic carbocycles. The third-order valence-corrected chi connectivity index (χ3v) is 8.01. The summed E-state index contributed by atoms with van der Waals surface area (Å²) >= 11 is 0. The van der Waals surface area contributed by atoms with E-state index in [0.29, 0.717) is 17.9 Å². The van der Waals surface area contributed by atoms with Gasteiger partial charge in [-0.2, -0.15) is 5.10 Å². The maximum absolute atomic E-state index is 13.3. The normalized spacial score (nSPS) is 13.8. The number of hydrogen-bond acceptors (Lipinski definition) is 4. The van der Waals surface area contributed by atoms with Crippen LogP contribution >= 0.6 is 0 Å². The Kier molecular flexibility index (Phi) is 5.38. The summed E-state index contributed by atoms with van der Waals surface area (Å²) in [7, 11) is 3.54. The van der Waals surface area contributed by atoms with E-state index in [0.717, 1.165) is 62.8 Å². The molecule has 3 aromatic carbocycles. The lowest BCUT2D eigenvalue weighted by atomic mass is 9.82. The highest BCUT2D eigenvalue weighted by Crippen LogP contribution is 2.47. The Morgan fingerprint density at radius 1 is 1.02 bits per heavy atom. The molecule has 202 valence electrons. The molecule has 0 radical (unpaired) electrons. The number of ether oxygens (including phenoxy) is 1. The van der Waals surface area contributed by atoms with E-state index in [1.807, 2.05) is 30.1 Å². The number of methoxy groups -OCH3 is 1. The predicted molar refractivity (Wildman–Crippen MR) is 156 cm³/mol. The van der Waals surface area contributed by atoms with Crippen molar-refractivity contribution in [2.45, 2.75) is 39.3 Å². The quantitative estimate of drug-likeness (QED) is 0.272. The predicted octanol–water partition coefficient (Wildman–Crippen LogP) is 5.77. The second kappa shape index (κ2) is 8.87. The van der Waals surface area contributed by atoms with Gasteiger partial charge in [-0.05, 0) is 80.3 Å². The van der Waals surface area contributed by atoms with Crippen LogP contribution in [0.1, 0.15) is 47.1 Å². The maximum Gasteiger partial charge on any atom is 0.323 e. The van der Waals surface area contributed by atoms with Crippen molar-refractivity contribution < 1.29 is 14.3 Å². The van der Waals surface area contributed by atoms with Gasteiger partial charge in [0.05, 0.1) is 23.9 Å². The molecule has 0 atom stereocenters. The molecular formula is C31H30N6O3. The number of carbonyl (C=O) groups is 2. The number of aromatic nitrogens is 3. The summed E-state index contributed by atoms with van der Waals surface area (Å²) in [6.07, 6.45) is 3.68. The SMILES string of the molecule is COc1ccc(NC(=O)Nc2ccc3c(c2)c2c4c(c5c(c2n3C(C)C)CCc2nn(C)cc2-5)C(=O)NC4)cc1. The molecule has 0 spiro atoms. The topological polar surface area (TPSA) is 102 Å². The van der Waals surface area contributed by atoms with E-state index < -0.39 is 0 Å². The van der Waals surface area contributed by atoms with Gasteiger partial charge in [0.1, 0.15) is 5.75 Å². The van der Waals surface area contributed by atoms with E-state index in [9.17, 15) is 9.59 Å². The molecule has 2 aromatic heterocycles. The van der Waals surface area contributed by atoms with Gasteiger partial charge in [0.2, 0.25) is 0 Å². The molecule has 0 saturated heterocycles. The van der Waals surface area contributed by atoms with Gasteiger partial charge in [-0.15, -0.1) is 0 Å². The fourth-order valence-electron chi connectivity index (χ4n) is 6.44. The standard InChI is InChI=1S/C31H30N6O3/c1-16(2)37-25-12-7-18(34-31(39)33-17-5-8-19(40-4)9-6-17)13-21(25)27-22-14-32-30(38)28(22)26-20(29(27)37)10-11-24-23(26)15-36(3)35-24/h5-9,12-13,15-16H,10-11,14H2,1-4H3,(H,32,38)(H2,33,34,39). The van der Waals surface area contributed by atoms with Crippen molar-refractivity contribution >= 4 is 45.1 Å². The molecule has 5 aromatic rings. The zero-order valence-corrected chi connectivity index (χ0v) is 22.9. The molecule has 3 amide bonds. The molecule has 3 N–H and O–H groups in total. The fraction of sp³-hybridized carbons (Fsp3) is 0.258. The van der Waals surface area contributed by atoms with Gasteiger partial charge in [-0.3, -0.25) is 9.48 Å². The first kappa shape index (κ1) is 24.3. The van der Waals surface area contributed by atoms with Gasteiger partial charge in [0.15, 0.2) is 0 Å². The van der Waals surface area contributed by atoms with Gasteiger partial charge < -0.3 is 25.3 Å². The summed E-state index contributed by atoms with van der Waals surface area (Å²) in [5.74, 6) is 0.684. The summed E-state index contributed by atoms with van der Waals surface area (Å²) in [6.45, 7) is 4.85. The van der Waals surface area contributed by atoms with E-state index in [1.54, 1.807) is 31.4 Å². The number of fused-ring (bicyclic) bond motifs is 10. The lowest BCUT2D eigenvalue weighted by Crippen LogP contribution is -2.19. The van der Waals surface area contributed by atoms with Crippen molar-refractivity contribution in [3.63, 3.8) is 0 Å². The van der Waals surface area contributed by atoms with Crippen LogP contribution in [-0.2, 0) is 26.4 Å². The molecule has 1 aliphatic heterocycles. The number of nitrogens with one attached hydrogen (secondary N) is 3. The smallest absolute Gasteiger partial charge is 0.323 e. The average Bonchev–Trinajstić information content (AvgIpc) is 3.61. The van der Waals surface area contributed by atoms with Crippen LogP contribution in [0, 0.1) is 0 Å². The number of amides is 3. The number of anilines is 2. The minimum absolute atomic E-state index is 0.0385. The number of carbonyl (C=O) groups excluding carboxylic acids is 2. The first-order chi connectivity index (χ1) is 19.3. The maximum atomic E-state index is 13.3. The second-order valence-corrected chi connectivity index (χ2v) is 10.8. The zero-order chi connectivity index (χ0) is 27.7. The molecule has 7 rings (SSSR count). The van der Waals surface area contributed by atoms with E-state index in [2.05, 4.69) is 45.5 Å². The first-order valence-electron chi connectivity index (χ1n) is 13.5. The Labute approximate surface area is 231 Å². The van der Waals surface area contributed by atoms with Crippen LogP contribution < -0.4 is 20.7 Å². The summed E-state index contributed by atoms with van der Waals surface area (Å²) in [6, 6.07) is 13.1. The van der Waals surface area contributed by atoms with Crippen molar-refractivity contribution in [3.05, 3.63) is 71.0 Å². The summed E-state index contributed by atoms with van der Waals surface area (Å²) in [5, 5.41) is 15.7. The van der Waals surface area contributed by atoms with Gasteiger partial charge in [-0.1, -0.05) is 0 Å².